The summed E-state index contributed by atoms with van der Waals surface area (Å²) < 4.78 is 41.2. The fourth-order valence-electron chi connectivity index (χ4n) is 2.97. The molecule has 10 heteroatoms. The molecule has 0 saturated heterocycles. The molecule has 0 spiro atoms. The van der Waals surface area contributed by atoms with E-state index >= 15 is 0 Å². The molecular formula is C21H22F3N5OS. The Morgan fingerprint density at radius 1 is 1.13 bits per heavy atom. The molecule has 1 aromatic heterocycles. The number of carbonyl (C=O) groups excluding carboxylic acids is 1. The van der Waals surface area contributed by atoms with Gasteiger partial charge in [0.2, 0.25) is 5.91 Å². The summed E-state index contributed by atoms with van der Waals surface area (Å²) in [6.07, 6.45) is -4.55. The van der Waals surface area contributed by atoms with Gasteiger partial charge in [-0.15, -0.1) is 10.2 Å². The van der Waals surface area contributed by atoms with Crippen molar-refractivity contribution < 1.29 is 18.0 Å². The molecule has 1 N–H and O–H groups in total. The number of rotatable bonds is 7. The number of para-hydroxylation sites is 1. The zero-order valence-electron chi connectivity index (χ0n) is 17.3. The molecule has 0 radical (unpaired) electrons. The maximum absolute atomic E-state index is 13.1. The van der Waals surface area contributed by atoms with E-state index in [9.17, 15) is 18.0 Å². The summed E-state index contributed by atoms with van der Waals surface area (Å²) in [7, 11) is 3.89. The van der Waals surface area contributed by atoms with Gasteiger partial charge in [0.1, 0.15) is 0 Å². The highest BCUT2D eigenvalue weighted by atomic mass is 32.2. The largest absolute Gasteiger partial charge is 0.418 e. The lowest BCUT2D eigenvalue weighted by Gasteiger charge is -2.14. The number of nitrogens with zero attached hydrogens (tertiary/aromatic N) is 4. The minimum absolute atomic E-state index is 0.0952. The van der Waals surface area contributed by atoms with E-state index in [1.54, 1.807) is 0 Å². The molecule has 3 aromatic rings. The van der Waals surface area contributed by atoms with Crippen molar-refractivity contribution in [2.45, 2.75) is 24.8 Å². The van der Waals surface area contributed by atoms with E-state index in [1.807, 2.05) is 54.8 Å². The topological polar surface area (TPSA) is 63.1 Å². The number of amides is 1. The summed E-state index contributed by atoms with van der Waals surface area (Å²) in [5.41, 5.74) is 0.753. The predicted molar refractivity (Wildman–Crippen MR) is 116 cm³/mol. The van der Waals surface area contributed by atoms with Crippen LogP contribution in [0.2, 0.25) is 0 Å². The fourth-order valence-corrected chi connectivity index (χ4v) is 3.78. The fraction of sp³-hybridized carbons (Fsp3) is 0.286. The van der Waals surface area contributed by atoms with Crippen molar-refractivity contribution in [2.75, 3.05) is 30.1 Å². The van der Waals surface area contributed by atoms with E-state index in [0.29, 0.717) is 17.5 Å². The molecule has 0 atom stereocenters. The Kier molecular flexibility index (Phi) is 6.89. The van der Waals surface area contributed by atoms with Crippen molar-refractivity contribution in [3.05, 3.63) is 54.1 Å². The van der Waals surface area contributed by atoms with Crippen molar-refractivity contribution >= 4 is 29.0 Å². The Bertz CT molecular complexity index is 1070. The lowest BCUT2D eigenvalue weighted by molar-refractivity contribution is -0.137. The summed E-state index contributed by atoms with van der Waals surface area (Å²) in [4.78, 5) is 14.3. The van der Waals surface area contributed by atoms with Crippen LogP contribution in [0.4, 0.5) is 24.5 Å². The van der Waals surface area contributed by atoms with Crippen LogP contribution in [0.15, 0.2) is 53.7 Å². The van der Waals surface area contributed by atoms with Gasteiger partial charge in [-0.25, -0.2) is 0 Å². The standard InChI is InChI=1S/C21H22F3N5OS/c1-4-29-19(14-8-7-9-15(12-14)28(2)3)26-27-20(29)31-13-18(30)25-17-11-6-5-10-16(17)21(22,23)24/h5-12H,4,13H2,1-3H3,(H,25,30). The lowest BCUT2D eigenvalue weighted by atomic mass is 10.1. The molecule has 164 valence electrons. The molecule has 31 heavy (non-hydrogen) atoms. The number of nitrogens with one attached hydrogen (secondary N) is 1. The van der Waals surface area contributed by atoms with E-state index < -0.39 is 17.6 Å². The van der Waals surface area contributed by atoms with E-state index in [2.05, 4.69) is 15.5 Å². The second-order valence-corrected chi connectivity index (χ2v) is 7.82. The molecule has 0 aliphatic heterocycles. The minimum Gasteiger partial charge on any atom is -0.378 e. The molecule has 3 rings (SSSR count). The summed E-state index contributed by atoms with van der Waals surface area (Å²) >= 11 is 1.12. The second-order valence-electron chi connectivity index (χ2n) is 6.88. The molecule has 1 amide bonds. The van der Waals surface area contributed by atoms with E-state index in [0.717, 1.165) is 29.1 Å². The van der Waals surface area contributed by atoms with Crippen molar-refractivity contribution in [3.8, 4) is 11.4 Å². The highest BCUT2D eigenvalue weighted by Gasteiger charge is 2.33. The zero-order chi connectivity index (χ0) is 22.6. The van der Waals surface area contributed by atoms with Crippen LogP contribution in [-0.2, 0) is 17.5 Å². The van der Waals surface area contributed by atoms with Gasteiger partial charge in [0.15, 0.2) is 11.0 Å². The van der Waals surface area contributed by atoms with Crippen molar-refractivity contribution in [3.63, 3.8) is 0 Å². The molecule has 0 unspecified atom stereocenters. The van der Waals surface area contributed by atoms with Crippen LogP contribution in [0.3, 0.4) is 0 Å². The van der Waals surface area contributed by atoms with E-state index in [4.69, 9.17) is 0 Å². The first-order chi connectivity index (χ1) is 14.7. The van der Waals surface area contributed by atoms with Crippen LogP contribution in [-0.4, -0.2) is 40.5 Å². The van der Waals surface area contributed by atoms with Gasteiger partial charge in [-0.2, -0.15) is 13.2 Å². The monoisotopic (exact) mass is 449 g/mol. The summed E-state index contributed by atoms with van der Waals surface area (Å²) in [5, 5.41) is 11.3. The van der Waals surface area contributed by atoms with Crippen LogP contribution in [0.1, 0.15) is 12.5 Å². The number of hydrogen-bond acceptors (Lipinski definition) is 5. The maximum Gasteiger partial charge on any atom is 0.418 e. The Labute approximate surface area is 182 Å². The first-order valence-corrected chi connectivity index (χ1v) is 10.5. The normalized spacial score (nSPS) is 11.4. The molecule has 0 aliphatic rings. The van der Waals surface area contributed by atoms with Gasteiger partial charge in [0.05, 0.1) is 17.0 Å². The first kappa shape index (κ1) is 22.7. The van der Waals surface area contributed by atoms with Crippen molar-refractivity contribution in [1.82, 2.24) is 14.8 Å². The van der Waals surface area contributed by atoms with Gasteiger partial charge in [-0.1, -0.05) is 36.0 Å². The smallest absolute Gasteiger partial charge is 0.378 e. The number of alkyl halides is 3. The SMILES string of the molecule is CCn1c(SCC(=O)Nc2ccccc2C(F)(F)F)nnc1-c1cccc(N(C)C)c1. The molecule has 1 heterocycles. The molecule has 6 nitrogen and oxygen atoms in total. The average molecular weight is 450 g/mol. The quantitative estimate of drug-likeness (QED) is 0.526. The summed E-state index contributed by atoms with van der Waals surface area (Å²) in [5.74, 6) is 0.0160. The number of carbonyl (C=O) groups is 1. The third-order valence-electron chi connectivity index (χ3n) is 4.49. The highest BCUT2D eigenvalue weighted by molar-refractivity contribution is 7.99. The predicted octanol–water partition coefficient (Wildman–Crippen LogP) is 4.78. The highest BCUT2D eigenvalue weighted by Crippen LogP contribution is 2.34. The van der Waals surface area contributed by atoms with E-state index in [1.165, 1.54) is 18.2 Å². The number of anilines is 2. The third kappa shape index (κ3) is 5.38. The van der Waals surface area contributed by atoms with Crippen LogP contribution < -0.4 is 10.2 Å². The Hall–Kier alpha value is -3.01. The molecule has 0 fully saturated rings. The van der Waals surface area contributed by atoms with Crippen LogP contribution in [0.5, 0.6) is 0 Å². The zero-order valence-corrected chi connectivity index (χ0v) is 18.1. The molecular weight excluding hydrogens is 427 g/mol. The Morgan fingerprint density at radius 2 is 1.87 bits per heavy atom. The molecule has 0 aliphatic carbocycles. The third-order valence-corrected chi connectivity index (χ3v) is 5.46. The van der Waals surface area contributed by atoms with Gasteiger partial charge in [-0.05, 0) is 31.2 Å². The van der Waals surface area contributed by atoms with Gasteiger partial charge < -0.3 is 14.8 Å². The number of aromatic nitrogens is 3. The van der Waals surface area contributed by atoms with Crippen LogP contribution in [0.25, 0.3) is 11.4 Å². The Balaban J connectivity index is 1.74. The van der Waals surface area contributed by atoms with E-state index in [-0.39, 0.29) is 11.4 Å². The average Bonchev–Trinajstić information content (AvgIpc) is 3.15. The lowest BCUT2D eigenvalue weighted by Crippen LogP contribution is -2.18. The second kappa shape index (κ2) is 9.42. The molecule has 0 saturated carbocycles. The van der Waals surface area contributed by atoms with Crippen LogP contribution in [0, 0.1) is 0 Å². The van der Waals surface area contributed by atoms with Crippen molar-refractivity contribution in [1.29, 1.82) is 0 Å². The molecule has 2 aromatic carbocycles. The maximum atomic E-state index is 13.1. The number of halogens is 3. The number of benzene rings is 2. The Morgan fingerprint density at radius 3 is 2.55 bits per heavy atom. The first-order valence-electron chi connectivity index (χ1n) is 9.50. The van der Waals surface area contributed by atoms with Gasteiger partial charge in [-0.3, -0.25) is 4.79 Å². The summed E-state index contributed by atoms with van der Waals surface area (Å²) in [6, 6.07) is 12.7. The summed E-state index contributed by atoms with van der Waals surface area (Å²) in [6.45, 7) is 2.52. The van der Waals surface area contributed by atoms with Gasteiger partial charge in [0.25, 0.3) is 0 Å². The van der Waals surface area contributed by atoms with Gasteiger partial charge >= 0.3 is 6.18 Å². The molecule has 0 bridgehead atoms. The van der Waals surface area contributed by atoms with Crippen molar-refractivity contribution in [2.24, 2.45) is 0 Å². The number of thioether (sulfide) groups is 1. The minimum atomic E-state index is -4.55. The van der Waals surface area contributed by atoms with Gasteiger partial charge in [0, 0.05) is 31.9 Å². The van der Waals surface area contributed by atoms with Crippen LogP contribution >= 0.6 is 11.8 Å². The number of hydrogen-bond donors (Lipinski definition) is 1.